The highest BCUT2D eigenvalue weighted by molar-refractivity contribution is 6.30. The van der Waals surface area contributed by atoms with Crippen molar-refractivity contribution in [2.24, 2.45) is 0 Å². The summed E-state index contributed by atoms with van der Waals surface area (Å²) in [5.74, 6) is 1.46. The Labute approximate surface area is 114 Å². The van der Waals surface area contributed by atoms with E-state index < -0.39 is 0 Å². The molecule has 5 heteroatoms. The highest BCUT2D eigenvalue weighted by Crippen LogP contribution is 2.34. The third kappa shape index (κ3) is 4.62. The lowest BCUT2D eigenvalue weighted by Gasteiger charge is -2.15. The van der Waals surface area contributed by atoms with Gasteiger partial charge >= 0.3 is 0 Å². The van der Waals surface area contributed by atoms with Crippen LogP contribution in [0.5, 0.6) is 11.5 Å². The monoisotopic (exact) mass is 279 g/mol. The van der Waals surface area contributed by atoms with Crippen LogP contribution in [0, 0.1) is 0 Å². The van der Waals surface area contributed by atoms with Crippen molar-refractivity contribution in [2.75, 3.05) is 20.3 Å². The topological polar surface area (TPSA) is 30.5 Å². The Morgan fingerprint density at radius 2 is 2.00 bits per heavy atom. The summed E-state index contributed by atoms with van der Waals surface area (Å²) in [6.45, 7) is 6.24. The third-order valence-electron chi connectivity index (χ3n) is 2.17. The maximum atomic E-state index is 6.02. The predicted molar refractivity (Wildman–Crippen MR) is 73.8 cm³/mol. The Balaban J connectivity index is 0.00000256. The van der Waals surface area contributed by atoms with Crippen molar-refractivity contribution in [1.82, 2.24) is 5.32 Å². The first kappa shape index (κ1) is 16.4. The minimum Gasteiger partial charge on any atom is -0.493 e. The number of halogens is 2. The van der Waals surface area contributed by atoms with E-state index in [-0.39, 0.29) is 12.4 Å². The highest BCUT2D eigenvalue weighted by Gasteiger charge is 2.11. The average molecular weight is 280 g/mol. The Bertz CT molecular complexity index is 346. The van der Waals surface area contributed by atoms with E-state index >= 15 is 0 Å². The molecule has 0 heterocycles. The second-order valence-electron chi connectivity index (χ2n) is 3.31. The molecule has 0 saturated heterocycles. The smallest absolute Gasteiger partial charge is 0.165 e. The van der Waals surface area contributed by atoms with Crippen LogP contribution in [-0.4, -0.2) is 20.3 Å². The van der Waals surface area contributed by atoms with Crippen molar-refractivity contribution in [1.29, 1.82) is 0 Å². The van der Waals surface area contributed by atoms with Gasteiger partial charge in [0.25, 0.3) is 0 Å². The number of ether oxygens (including phenoxy) is 2. The number of nitrogens with one attached hydrogen (secondary N) is 1. The molecule has 0 aliphatic carbocycles. The van der Waals surface area contributed by atoms with Crippen LogP contribution in [0.2, 0.25) is 5.02 Å². The van der Waals surface area contributed by atoms with E-state index in [4.69, 9.17) is 21.1 Å². The summed E-state index contributed by atoms with van der Waals surface area (Å²) in [6, 6.07) is 3.67. The van der Waals surface area contributed by atoms with Crippen molar-refractivity contribution in [2.45, 2.75) is 20.4 Å². The molecule has 0 spiro atoms. The molecule has 3 nitrogen and oxygen atoms in total. The van der Waals surface area contributed by atoms with Gasteiger partial charge in [0.2, 0.25) is 0 Å². The molecule has 1 aromatic rings. The molecule has 1 N–H and O–H groups in total. The van der Waals surface area contributed by atoms with E-state index in [2.05, 4.69) is 12.2 Å². The number of hydrogen-bond acceptors (Lipinski definition) is 3. The molecule has 98 valence electrons. The van der Waals surface area contributed by atoms with Gasteiger partial charge in [-0.05, 0) is 19.5 Å². The lowest BCUT2D eigenvalue weighted by atomic mass is 10.2. The van der Waals surface area contributed by atoms with Gasteiger partial charge in [-0.1, -0.05) is 18.5 Å². The van der Waals surface area contributed by atoms with Crippen LogP contribution in [0.4, 0.5) is 0 Å². The molecule has 0 unspecified atom stereocenters. The van der Waals surface area contributed by atoms with Gasteiger partial charge in [-0.25, -0.2) is 0 Å². The SMILES string of the molecule is CCNCc1cc(Cl)cc(OC)c1OCC.Cl. The van der Waals surface area contributed by atoms with Gasteiger partial charge in [0.05, 0.1) is 13.7 Å². The number of methoxy groups -OCH3 is 1. The zero-order chi connectivity index (χ0) is 12.0. The van der Waals surface area contributed by atoms with E-state index in [1.165, 1.54) is 0 Å². The Morgan fingerprint density at radius 1 is 1.29 bits per heavy atom. The van der Waals surface area contributed by atoms with Gasteiger partial charge in [0, 0.05) is 23.2 Å². The second-order valence-corrected chi connectivity index (χ2v) is 3.75. The fraction of sp³-hybridized carbons (Fsp3) is 0.500. The lowest BCUT2D eigenvalue weighted by Crippen LogP contribution is -2.13. The minimum absolute atomic E-state index is 0. The molecule has 0 bridgehead atoms. The van der Waals surface area contributed by atoms with Gasteiger partial charge < -0.3 is 14.8 Å². The van der Waals surface area contributed by atoms with Crippen LogP contribution >= 0.6 is 24.0 Å². The van der Waals surface area contributed by atoms with Crippen LogP contribution in [0.1, 0.15) is 19.4 Å². The maximum Gasteiger partial charge on any atom is 0.165 e. The zero-order valence-corrected chi connectivity index (χ0v) is 12.0. The fourth-order valence-electron chi connectivity index (χ4n) is 1.47. The first-order chi connectivity index (χ1) is 7.72. The Kier molecular flexibility index (Phi) is 8.13. The molecule has 0 radical (unpaired) electrons. The molecule has 0 aliphatic rings. The lowest BCUT2D eigenvalue weighted by molar-refractivity contribution is 0.307. The van der Waals surface area contributed by atoms with Gasteiger partial charge in [0.15, 0.2) is 11.5 Å². The van der Waals surface area contributed by atoms with E-state index in [1.807, 2.05) is 13.0 Å². The van der Waals surface area contributed by atoms with Crippen LogP contribution in [0.3, 0.4) is 0 Å². The second kappa shape index (κ2) is 8.45. The molecule has 0 atom stereocenters. The van der Waals surface area contributed by atoms with Gasteiger partial charge in [0.1, 0.15) is 0 Å². The number of benzene rings is 1. The molecule has 1 aromatic carbocycles. The standard InChI is InChI=1S/C12H18ClNO2.ClH/c1-4-14-8-9-6-10(13)7-11(15-3)12(9)16-5-2;/h6-7,14H,4-5,8H2,1-3H3;1H. The van der Waals surface area contributed by atoms with E-state index in [1.54, 1.807) is 13.2 Å². The largest absolute Gasteiger partial charge is 0.493 e. The van der Waals surface area contributed by atoms with E-state index in [0.29, 0.717) is 17.4 Å². The maximum absolute atomic E-state index is 6.02. The summed E-state index contributed by atoms with van der Waals surface area (Å²) in [5.41, 5.74) is 1.02. The summed E-state index contributed by atoms with van der Waals surface area (Å²) in [4.78, 5) is 0. The Morgan fingerprint density at radius 3 is 2.53 bits per heavy atom. The summed E-state index contributed by atoms with van der Waals surface area (Å²) in [5, 5.41) is 3.91. The fourth-order valence-corrected chi connectivity index (χ4v) is 1.70. The van der Waals surface area contributed by atoms with Crippen molar-refractivity contribution in [3.8, 4) is 11.5 Å². The molecule has 0 fully saturated rings. The first-order valence-corrected chi connectivity index (χ1v) is 5.80. The molecule has 0 saturated carbocycles. The number of hydrogen-bond donors (Lipinski definition) is 1. The van der Waals surface area contributed by atoms with Gasteiger partial charge in [-0.3, -0.25) is 0 Å². The molecule has 17 heavy (non-hydrogen) atoms. The molecular weight excluding hydrogens is 261 g/mol. The Hall–Kier alpha value is -0.640. The van der Waals surface area contributed by atoms with Crippen molar-refractivity contribution < 1.29 is 9.47 Å². The third-order valence-corrected chi connectivity index (χ3v) is 2.39. The average Bonchev–Trinajstić information content (AvgIpc) is 2.29. The highest BCUT2D eigenvalue weighted by atomic mass is 35.5. The quantitative estimate of drug-likeness (QED) is 0.867. The van der Waals surface area contributed by atoms with Crippen molar-refractivity contribution in [3.63, 3.8) is 0 Å². The summed E-state index contributed by atoms with van der Waals surface area (Å²) in [6.07, 6.45) is 0. The van der Waals surface area contributed by atoms with Gasteiger partial charge in [-0.15, -0.1) is 12.4 Å². The van der Waals surface area contributed by atoms with Crippen LogP contribution < -0.4 is 14.8 Å². The summed E-state index contributed by atoms with van der Waals surface area (Å²) in [7, 11) is 1.62. The van der Waals surface area contributed by atoms with Crippen molar-refractivity contribution >= 4 is 24.0 Å². The molecule has 0 aliphatic heterocycles. The normalized spacial score (nSPS) is 9.65. The predicted octanol–water partition coefficient (Wildman–Crippen LogP) is 3.28. The van der Waals surface area contributed by atoms with E-state index in [0.717, 1.165) is 24.4 Å². The first-order valence-electron chi connectivity index (χ1n) is 5.42. The molecule has 1 rings (SSSR count). The number of rotatable bonds is 6. The zero-order valence-electron chi connectivity index (χ0n) is 10.4. The molecule has 0 aromatic heterocycles. The molecular formula is C12H19Cl2NO2. The molecule has 0 amide bonds. The van der Waals surface area contributed by atoms with Gasteiger partial charge in [-0.2, -0.15) is 0 Å². The van der Waals surface area contributed by atoms with Crippen LogP contribution in [0.25, 0.3) is 0 Å². The van der Waals surface area contributed by atoms with Crippen molar-refractivity contribution in [3.05, 3.63) is 22.7 Å². The van der Waals surface area contributed by atoms with E-state index in [9.17, 15) is 0 Å². The van der Waals surface area contributed by atoms with Crippen LogP contribution in [-0.2, 0) is 6.54 Å². The summed E-state index contributed by atoms with van der Waals surface area (Å²) >= 11 is 6.02. The minimum atomic E-state index is 0. The summed E-state index contributed by atoms with van der Waals surface area (Å²) < 4.78 is 10.8. The van der Waals surface area contributed by atoms with Crippen LogP contribution in [0.15, 0.2) is 12.1 Å².